The molecule has 1 unspecified atom stereocenters. The van der Waals surface area contributed by atoms with Gasteiger partial charge < -0.3 is 9.91 Å². The maximum Gasteiger partial charge on any atom is 0.327 e. The summed E-state index contributed by atoms with van der Waals surface area (Å²) >= 11 is 0. The number of rotatable bonds is 2. The van der Waals surface area contributed by atoms with Gasteiger partial charge in [-0.1, -0.05) is 0 Å². The predicted molar refractivity (Wildman–Crippen MR) is 34.8 cm³/mol. The lowest BCUT2D eigenvalue weighted by molar-refractivity contribution is -0.221. The van der Waals surface area contributed by atoms with Gasteiger partial charge in [0.25, 0.3) is 0 Å². The van der Waals surface area contributed by atoms with E-state index in [-0.39, 0.29) is 12.2 Å². The summed E-state index contributed by atoms with van der Waals surface area (Å²) in [6, 6.07) is 0. The lowest BCUT2D eigenvalue weighted by atomic mass is 9.75. The van der Waals surface area contributed by atoms with Crippen molar-refractivity contribution in [3.05, 3.63) is 0 Å². The van der Waals surface area contributed by atoms with Crippen LogP contribution in [-0.2, 0) is 14.5 Å². The molecule has 0 aliphatic carbocycles. The first-order chi connectivity index (χ1) is 4.79. The first kappa shape index (κ1) is 7.56. The van der Waals surface area contributed by atoms with E-state index >= 15 is 0 Å². The van der Waals surface area contributed by atoms with E-state index in [4.69, 9.17) is 5.11 Å². The Morgan fingerprint density at radius 1 is 1.80 bits per heavy atom. The Morgan fingerprint density at radius 3 is 3.10 bits per heavy atom. The summed E-state index contributed by atoms with van der Waals surface area (Å²) in [5.74, 6) is -0.637. The second-order valence-corrected chi connectivity index (χ2v) is 2.36. The summed E-state index contributed by atoms with van der Waals surface area (Å²) in [5, 5.41) is 8.37. The number of hydrogen-bond acceptors (Lipinski definition) is 3. The molecule has 1 saturated heterocycles. The largest absolute Gasteiger partial charge is 0.481 e. The number of aliphatic carboxylic acids is 1. The minimum absolute atomic E-state index is 0.131. The summed E-state index contributed by atoms with van der Waals surface area (Å²) in [5.41, 5.74) is 0. The average molecular weight is 144 g/mol. The van der Waals surface area contributed by atoms with Crippen LogP contribution in [-0.4, -0.2) is 25.2 Å². The van der Waals surface area contributed by atoms with E-state index in [1.54, 1.807) is 0 Å². The van der Waals surface area contributed by atoms with Crippen molar-refractivity contribution >= 4 is 13.5 Å². The fourth-order valence-electron chi connectivity index (χ4n) is 0.909. The van der Waals surface area contributed by atoms with Crippen molar-refractivity contribution in [2.45, 2.75) is 18.7 Å². The van der Waals surface area contributed by atoms with Crippen LogP contribution in [0.25, 0.3) is 0 Å². The van der Waals surface area contributed by atoms with Crippen LogP contribution in [0.2, 0.25) is 5.82 Å². The molecule has 0 aromatic heterocycles. The van der Waals surface area contributed by atoms with Crippen LogP contribution in [0.15, 0.2) is 0 Å². The summed E-state index contributed by atoms with van der Waals surface area (Å²) in [6.07, 6.45) is 0.968. The van der Waals surface area contributed by atoms with Gasteiger partial charge in [-0.3, -0.25) is 9.68 Å². The molecule has 0 spiro atoms. The van der Waals surface area contributed by atoms with E-state index in [1.165, 1.54) is 0 Å². The third-order valence-electron chi connectivity index (χ3n) is 1.46. The third kappa shape index (κ3) is 2.37. The molecule has 0 bridgehead atoms. The van der Waals surface area contributed by atoms with E-state index < -0.39 is 5.97 Å². The first-order valence-electron chi connectivity index (χ1n) is 3.25. The Morgan fingerprint density at radius 2 is 2.60 bits per heavy atom. The third-order valence-corrected chi connectivity index (χ3v) is 1.46. The molecule has 0 amide bonds. The fraction of sp³-hybridized carbons (Fsp3) is 0.800. The van der Waals surface area contributed by atoms with Crippen molar-refractivity contribution in [1.82, 2.24) is 0 Å². The second kappa shape index (κ2) is 3.58. The second-order valence-electron chi connectivity index (χ2n) is 2.36. The van der Waals surface area contributed by atoms with Crippen LogP contribution in [0.3, 0.4) is 0 Å². The monoisotopic (exact) mass is 144 g/mol. The Balaban J connectivity index is 2.19. The topological polar surface area (TPSA) is 55.8 Å². The van der Waals surface area contributed by atoms with Crippen LogP contribution in [0.4, 0.5) is 0 Å². The van der Waals surface area contributed by atoms with Crippen LogP contribution in [0.5, 0.6) is 0 Å². The lowest BCUT2D eigenvalue weighted by Crippen LogP contribution is -2.20. The van der Waals surface area contributed by atoms with Gasteiger partial charge in [-0.2, -0.15) is 0 Å². The summed E-state index contributed by atoms with van der Waals surface area (Å²) < 4.78 is 0. The number of carboxylic acids is 1. The summed E-state index contributed by atoms with van der Waals surface area (Å²) in [6.45, 7) is 0.512. The highest BCUT2D eigenvalue weighted by molar-refractivity contribution is 6.30. The molecule has 1 atom stereocenters. The van der Waals surface area contributed by atoms with Gasteiger partial charge in [-0.05, 0) is 12.2 Å². The summed E-state index contributed by atoms with van der Waals surface area (Å²) in [7, 11) is 0.409. The van der Waals surface area contributed by atoms with Gasteiger partial charge in [-0.25, -0.2) is 0 Å². The van der Waals surface area contributed by atoms with Crippen molar-refractivity contribution in [3.8, 4) is 0 Å². The van der Waals surface area contributed by atoms with Crippen LogP contribution in [0.1, 0.15) is 12.8 Å². The molecule has 10 heavy (non-hydrogen) atoms. The Kier molecular flexibility index (Phi) is 2.71. The normalized spacial score (nSPS) is 25.4. The van der Waals surface area contributed by atoms with E-state index in [2.05, 4.69) is 9.69 Å². The molecule has 0 aromatic carbocycles. The number of carbonyl (C=O) groups is 1. The van der Waals surface area contributed by atoms with Crippen molar-refractivity contribution in [3.63, 3.8) is 0 Å². The Bertz CT molecular complexity index is 121. The van der Waals surface area contributed by atoms with E-state index in [0.29, 0.717) is 14.1 Å². The lowest BCUT2D eigenvalue weighted by Gasteiger charge is -2.17. The van der Waals surface area contributed by atoms with E-state index in [1.807, 2.05) is 0 Å². The van der Waals surface area contributed by atoms with Crippen molar-refractivity contribution < 1.29 is 19.6 Å². The van der Waals surface area contributed by atoms with Crippen molar-refractivity contribution in [1.29, 1.82) is 0 Å². The van der Waals surface area contributed by atoms with Gasteiger partial charge in [0.2, 0.25) is 0 Å². The van der Waals surface area contributed by atoms with Gasteiger partial charge in [0.05, 0.1) is 6.61 Å². The van der Waals surface area contributed by atoms with Gasteiger partial charge in [0.15, 0.2) is 0 Å². The van der Waals surface area contributed by atoms with Crippen LogP contribution < -0.4 is 0 Å². The molecule has 1 aliphatic heterocycles. The molecule has 1 heterocycles. The maximum absolute atomic E-state index is 10.2. The van der Waals surface area contributed by atoms with Gasteiger partial charge in [-0.15, -0.1) is 0 Å². The van der Waals surface area contributed by atoms with Crippen LogP contribution in [0, 0.1) is 0 Å². The Hall–Kier alpha value is -0.545. The SMILES string of the molecule is O=C(O)CC1BOOCC1. The molecule has 1 aliphatic rings. The highest BCUT2D eigenvalue weighted by atomic mass is 17.2. The smallest absolute Gasteiger partial charge is 0.327 e. The molecule has 1 rings (SSSR count). The zero-order valence-electron chi connectivity index (χ0n) is 5.58. The molecule has 1 fully saturated rings. The molecular formula is C5H9BO4. The van der Waals surface area contributed by atoms with Gasteiger partial charge in [0.1, 0.15) is 0 Å². The number of carboxylic acid groups (broad SMARTS) is 1. The molecule has 0 aromatic rings. The average Bonchev–Trinajstić information content (AvgIpc) is 1.88. The molecule has 0 radical (unpaired) electrons. The molecule has 5 heteroatoms. The minimum atomic E-state index is -0.768. The molecule has 1 N–H and O–H groups in total. The van der Waals surface area contributed by atoms with Crippen LogP contribution >= 0.6 is 0 Å². The minimum Gasteiger partial charge on any atom is -0.481 e. The first-order valence-corrected chi connectivity index (χ1v) is 3.25. The standard InChI is InChI=1S/C5H9BO4/c7-5(8)3-4-1-2-9-10-6-4/h4,6H,1-3H2,(H,7,8). The molecule has 0 saturated carbocycles. The quantitative estimate of drug-likeness (QED) is 0.436. The zero-order valence-corrected chi connectivity index (χ0v) is 5.58. The highest BCUT2D eigenvalue weighted by Crippen LogP contribution is 2.18. The van der Waals surface area contributed by atoms with Crippen molar-refractivity contribution in [2.75, 3.05) is 6.61 Å². The Labute approximate surface area is 59.3 Å². The van der Waals surface area contributed by atoms with E-state index in [9.17, 15) is 4.79 Å². The number of hydrogen-bond donors (Lipinski definition) is 1. The zero-order chi connectivity index (χ0) is 7.40. The molecule has 56 valence electrons. The van der Waals surface area contributed by atoms with Gasteiger partial charge in [0, 0.05) is 6.42 Å². The highest BCUT2D eigenvalue weighted by Gasteiger charge is 2.19. The molecule has 4 nitrogen and oxygen atoms in total. The van der Waals surface area contributed by atoms with Gasteiger partial charge >= 0.3 is 13.5 Å². The fourth-order valence-corrected chi connectivity index (χ4v) is 0.909. The molecular weight excluding hydrogens is 135 g/mol. The predicted octanol–water partition coefficient (Wildman–Crippen LogP) is -0.0470. The van der Waals surface area contributed by atoms with Crippen molar-refractivity contribution in [2.24, 2.45) is 0 Å². The maximum atomic E-state index is 10.2. The van der Waals surface area contributed by atoms with E-state index in [0.717, 1.165) is 6.42 Å². The summed E-state index contributed by atoms with van der Waals surface area (Å²) in [4.78, 5) is 19.4.